The number of nitrogens with one attached hydrogen (secondary N) is 1. The quantitative estimate of drug-likeness (QED) is 0.538. The number of carbonyl (C=O) groups excluding carboxylic acids is 1. The smallest absolute Gasteiger partial charge is 0.265 e. The molecule has 0 spiro atoms. The zero-order chi connectivity index (χ0) is 19.9. The predicted octanol–water partition coefficient (Wildman–Crippen LogP) is 4.41. The van der Waals surface area contributed by atoms with Crippen LogP contribution < -0.4 is 9.62 Å². The first-order valence-corrected chi connectivity index (χ1v) is 11.2. The second-order valence-electron chi connectivity index (χ2n) is 6.53. The van der Waals surface area contributed by atoms with Gasteiger partial charge in [0.15, 0.2) is 0 Å². The summed E-state index contributed by atoms with van der Waals surface area (Å²) in [5, 5.41) is 2.83. The summed E-state index contributed by atoms with van der Waals surface area (Å²) in [4.78, 5) is 12.9. The van der Waals surface area contributed by atoms with Crippen molar-refractivity contribution in [3.05, 3.63) is 75.9 Å². The molecule has 7 heteroatoms. The molecule has 0 aliphatic carbocycles. The summed E-state index contributed by atoms with van der Waals surface area (Å²) in [6.07, 6.45) is 0. The van der Waals surface area contributed by atoms with Crippen molar-refractivity contribution in [2.45, 2.75) is 11.8 Å². The number of anilines is 2. The molecule has 0 atom stereocenters. The van der Waals surface area contributed by atoms with E-state index in [4.69, 9.17) is 0 Å². The molecule has 1 aliphatic heterocycles. The van der Waals surface area contributed by atoms with Gasteiger partial charge in [-0.1, -0.05) is 36.4 Å². The maximum absolute atomic E-state index is 13.2. The van der Waals surface area contributed by atoms with Crippen molar-refractivity contribution in [1.29, 1.82) is 0 Å². The number of fused-ring (bicyclic) bond motifs is 3. The molecule has 1 N–H and O–H groups in total. The maximum Gasteiger partial charge on any atom is 0.265 e. The van der Waals surface area contributed by atoms with Crippen LogP contribution in [0.2, 0.25) is 0 Å². The van der Waals surface area contributed by atoms with Gasteiger partial charge in [0.2, 0.25) is 5.91 Å². The van der Waals surface area contributed by atoms with Crippen molar-refractivity contribution in [3.63, 3.8) is 0 Å². The van der Waals surface area contributed by atoms with Gasteiger partial charge in [-0.15, -0.1) is 0 Å². The molecule has 0 aromatic heterocycles. The normalized spacial score (nSPS) is 14.1. The van der Waals surface area contributed by atoms with E-state index in [1.54, 1.807) is 30.3 Å². The highest BCUT2D eigenvalue weighted by molar-refractivity contribution is 14.1. The third-order valence-corrected chi connectivity index (χ3v) is 7.16. The molecule has 5 nitrogen and oxygen atoms in total. The van der Waals surface area contributed by atoms with Crippen LogP contribution in [0.15, 0.2) is 71.6 Å². The summed E-state index contributed by atoms with van der Waals surface area (Å²) in [6.45, 7) is 1.61. The molecule has 1 heterocycles. The van der Waals surface area contributed by atoms with Gasteiger partial charge in [0, 0.05) is 20.4 Å². The van der Waals surface area contributed by atoms with Crippen molar-refractivity contribution in [1.82, 2.24) is 0 Å². The fourth-order valence-corrected chi connectivity index (χ4v) is 5.63. The fraction of sp³-hybridized carbons (Fsp3) is 0.0952. The molecule has 1 amide bonds. The highest BCUT2D eigenvalue weighted by Crippen LogP contribution is 2.42. The lowest BCUT2D eigenvalue weighted by atomic mass is 10.0. The molecular weight excluding hydrogens is 487 g/mol. The van der Waals surface area contributed by atoms with Gasteiger partial charge in [-0.2, -0.15) is 0 Å². The molecule has 4 rings (SSSR count). The lowest BCUT2D eigenvalue weighted by Crippen LogP contribution is -2.40. The van der Waals surface area contributed by atoms with Crippen LogP contribution in [-0.4, -0.2) is 20.9 Å². The minimum absolute atomic E-state index is 0.215. The molecule has 3 aromatic carbocycles. The van der Waals surface area contributed by atoms with E-state index in [-0.39, 0.29) is 17.3 Å². The van der Waals surface area contributed by atoms with E-state index in [1.165, 1.54) is 4.31 Å². The number of hydrogen-bond acceptors (Lipinski definition) is 3. The minimum Gasteiger partial charge on any atom is -0.324 e. The van der Waals surface area contributed by atoms with Crippen molar-refractivity contribution in [2.75, 3.05) is 16.2 Å². The Morgan fingerprint density at radius 2 is 1.68 bits per heavy atom. The summed E-state index contributed by atoms with van der Waals surface area (Å²) in [7, 11) is -3.83. The number of carbonyl (C=O) groups is 1. The molecule has 0 fully saturated rings. The lowest BCUT2D eigenvalue weighted by molar-refractivity contribution is -0.114. The Kier molecular flexibility index (Phi) is 4.88. The van der Waals surface area contributed by atoms with E-state index < -0.39 is 10.0 Å². The molecule has 0 unspecified atom stereocenters. The Morgan fingerprint density at radius 1 is 1.00 bits per heavy atom. The molecule has 142 valence electrons. The molecule has 0 radical (unpaired) electrons. The maximum atomic E-state index is 13.2. The number of nitrogens with zero attached hydrogens (tertiary/aromatic N) is 1. The fourth-order valence-electron chi connectivity index (χ4n) is 3.34. The van der Waals surface area contributed by atoms with E-state index in [0.717, 1.165) is 14.7 Å². The Hall–Kier alpha value is -2.39. The number of amides is 1. The van der Waals surface area contributed by atoms with Crippen LogP contribution in [0, 0.1) is 10.5 Å². The predicted molar refractivity (Wildman–Crippen MR) is 119 cm³/mol. The number of sulfonamides is 1. The summed E-state index contributed by atoms with van der Waals surface area (Å²) in [5.74, 6) is -0.387. The summed E-state index contributed by atoms with van der Waals surface area (Å²) in [6, 6.07) is 19.8. The van der Waals surface area contributed by atoms with E-state index in [9.17, 15) is 13.2 Å². The van der Waals surface area contributed by atoms with Gasteiger partial charge in [0.05, 0.1) is 10.6 Å². The molecule has 0 saturated carbocycles. The lowest BCUT2D eigenvalue weighted by Gasteiger charge is -2.31. The number of rotatable bonds is 3. The monoisotopic (exact) mass is 504 g/mol. The van der Waals surface area contributed by atoms with Crippen molar-refractivity contribution >= 4 is 49.9 Å². The van der Waals surface area contributed by atoms with E-state index >= 15 is 0 Å². The molecule has 3 aromatic rings. The SMILES string of the molecule is Cc1cc(I)ccc1NC(=O)CN1c2ccccc2-c2ccccc2S1(=O)=O. The van der Waals surface area contributed by atoms with Gasteiger partial charge in [0.25, 0.3) is 10.0 Å². The standard InChI is InChI=1S/C21H17IN2O3S/c1-14-12-15(22)10-11-18(14)23-21(25)13-24-19-8-4-2-6-16(19)17-7-3-5-9-20(17)28(24,26)27/h2-12H,13H2,1H3,(H,23,25). The average Bonchev–Trinajstić information content (AvgIpc) is 2.67. The molecule has 1 aliphatic rings. The van der Waals surface area contributed by atoms with Crippen molar-refractivity contribution in [3.8, 4) is 11.1 Å². The molecule has 28 heavy (non-hydrogen) atoms. The largest absolute Gasteiger partial charge is 0.324 e. The first kappa shape index (κ1) is 18.9. The van der Waals surface area contributed by atoms with Gasteiger partial charge in [0.1, 0.15) is 6.54 Å². The number of hydrogen-bond donors (Lipinski definition) is 1. The van der Waals surface area contributed by atoms with Gasteiger partial charge in [-0.3, -0.25) is 9.10 Å². The first-order valence-electron chi connectivity index (χ1n) is 8.65. The second kappa shape index (κ2) is 7.21. The Morgan fingerprint density at radius 3 is 2.43 bits per heavy atom. The summed E-state index contributed by atoms with van der Waals surface area (Å²) >= 11 is 2.21. The number of para-hydroxylation sites is 1. The number of benzene rings is 3. The first-order chi connectivity index (χ1) is 13.4. The second-order valence-corrected chi connectivity index (χ2v) is 9.61. The topological polar surface area (TPSA) is 66.5 Å². The molecule has 0 bridgehead atoms. The van der Waals surface area contributed by atoms with E-state index in [0.29, 0.717) is 16.9 Å². The Balaban J connectivity index is 1.70. The van der Waals surface area contributed by atoms with Crippen molar-refractivity contribution in [2.24, 2.45) is 0 Å². The Labute approximate surface area is 177 Å². The van der Waals surface area contributed by atoms with Crippen LogP contribution in [0.3, 0.4) is 0 Å². The molecule has 0 saturated heterocycles. The molecular formula is C21H17IN2O3S. The van der Waals surface area contributed by atoms with Gasteiger partial charge < -0.3 is 5.32 Å². The van der Waals surface area contributed by atoms with Crippen LogP contribution in [0.1, 0.15) is 5.56 Å². The van der Waals surface area contributed by atoms with E-state index in [1.807, 2.05) is 43.3 Å². The van der Waals surface area contributed by atoms with Crippen molar-refractivity contribution < 1.29 is 13.2 Å². The third kappa shape index (κ3) is 3.29. The van der Waals surface area contributed by atoms with Crippen LogP contribution in [0.25, 0.3) is 11.1 Å². The van der Waals surface area contributed by atoms with Gasteiger partial charge in [-0.05, 0) is 65.4 Å². The Bertz CT molecular complexity index is 1190. The minimum atomic E-state index is -3.83. The zero-order valence-electron chi connectivity index (χ0n) is 15.0. The highest BCUT2D eigenvalue weighted by atomic mass is 127. The van der Waals surface area contributed by atoms with Gasteiger partial charge in [-0.25, -0.2) is 8.42 Å². The van der Waals surface area contributed by atoms with E-state index in [2.05, 4.69) is 27.9 Å². The van der Waals surface area contributed by atoms with Crippen LogP contribution in [0.5, 0.6) is 0 Å². The summed E-state index contributed by atoms with van der Waals surface area (Å²) < 4.78 is 28.7. The average molecular weight is 504 g/mol. The van der Waals surface area contributed by atoms with Crippen LogP contribution >= 0.6 is 22.6 Å². The summed E-state index contributed by atoms with van der Waals surface area (Å²) in [5.41, 5.74) is 3.56. The van der Waals surface area contributed by atoms with Crippen LogP contribution in [-0.2, 0) is 14.8 Å². The highest BCUT2D eigenvalue weighted by Gasteiger charge is 2.35. The van der Waals surface area contributed by atoms with Gasteiger partial charge >= 0.3 is 0 Å². The number of aryl methyl sites for hydroxylation is 1. The number of halogens is 1. The zero-order valence-corrected chi connectivity index (χ0v) is 18.0. The third-order valence-electron chi connectivity index (χ3n) is 4.67. The van der Waals surface area contributed by atoms with Crippen LogP contribution in [0.4, 0.5) is 11.4 Å².